The number of hydrogen-bond donors (Lipinski definition) is 3. The van der Waals surface area contributed by atoms with Gasteiger partial charge < -0.3 is 20.7 Å². The molecule has 5 heteroatoms. The second kappa shape index (κ2) is 6.26. The van der Waals surface area contributed by atoms with E-state index in [1.807, 2.05) is 18.2 Å². The maximum absolute atomic E-state index is 11.7. The minimum Gasteiger partial charge on any atom is -0.497 e. The maximum atomic E-state index is 11.7. The zero-order chi connectivity index (χ0) is 12.8. The van der Waals surface area contributed by atoms with Gasteiger partial charge in [-0.1, -0.05) is 6.07 Å². The van der Waals surface area contributed by atoms with E-state index in [9.17, 15) is 4.79 Å². The largest absolute Gasteiger partial charge is 0.497 e. The first-order chi connectivity index (χ1) is 8.78. The summed E-state index contributed by atoms with van der Waals surface area (Å²) in [6, 6.07) is 7.13. The fourth-order valence-corrected chi connectivity index (χ4v) is 2.00. The summed E-state index contributed by atoms with van der Waals surface area (Å²) in [7, 11) is 1.60. The van der Waals surface area contributed by atoms with Gasteiger partial charge in [-0.2, -0.15) is 0 Å². The van der Waals surface area contributed by atoms with Crippen LogP contribution in [0.1, 0.15) is 6.42 Å². The normalized spacial score (nSPS) is 18.4. The Kier molecular flexibility index (Phi) is 4.41. The van der Waals surface area contributed by atoms with E-state index in [0.29, 0.717) is 12.5 Å². The number of urea groups is 1. The van der Waals surface area contributed by atoms with Crippen LogP contribution >= 0.6 is 0 Å². The van der Waals surface area contributed by atoms with Gasteiger partial charge in [-0.25, -0.2) is 4.79 Å². The van der Waals surface area contributed by atoms with E-state index in [2.05, 4.69) is 16.0 Å². The summed E-state index contributed by atoms with van der Waals surface area (Å²) in [6.07, 6.45) is 1.12. The quantitative estimate of drug-likeness (QED) is 0.756. The Labute approximate surface area is 107 Å². The predicted molar refractivity (Wildman–Crippen MR) is 71.0 cm³/mol. The van der Waals surface area contributed by atoms with Crippen LogP contribution in [0.25, 0.3) is 0 Å². The summed E-state index contributed by atoms with van der Waals surface area (Å²) in [5.41, 5.74) is 0.733. The standard InChI is InChI=1S/C13H19N3O2/c1-18-12-4-2-3-11(7-12)16-13(17)15-9-10-5-6-14-8-10/h2-4,7,10,14H,5-6,8-9H2,1H3,(H2,15,16,17). The minimum atomic E-state index is -0.171. The lowest BCUT2D eigenvalue weighted by Crippen LogP contribution is -2.33. The number of ether oxygens (including phenoxy) is 1. The van der Waals surface area contributed by atoms with Crippen molar-refractivity contribution >= 4 is 11.7 Å². The van der Waals surface area contributed by atoms with Crippen LogP contribution in [0.3, 0.4) is 0 Å². The number of rotatable bonds is 4. The van der Waals surface area contributed by atoms with Crippen molar-refractivity contribution in [1.82, 2.24) is 10.6 Å². The number of hydrogen-bond acceptors (Lipinski definition) is 3. The first-order valence-corrected chi connectivity index (χ1v) is 6.17. The van der Waals surface area contributed by atoms with E-state index >= 15 is 0 Å². The van der Waals surface area contributed by atoms with E-state index in [1.54, 1.807) is 13.2 Å². The van der Waals surface area contributed by atoms with Gasteiger partial charge in [-0.3, -0.25) is 0 Å². The van der Waals surface area contributed by atoms with Crippen LogP contribution in [0.5, 0.6) is 5.75 Å². The molecule has 5 nitrogen and oxygen atoms in total. The molecule has 2 rings (SSSR count). The van der Waals surface area contributed by atoms with Crippen LogP contribution in [0.15, 0.2) is 24.3 Å². The van der Waals surface area contributed by atoms with Gasteiger partial charge in [0.05, 0.1) is 7.11 Å². The molecule has 0 aromatic heterocycles. The van der Waals surface area contributed by atoms with Gasteiger partial charge in [0.2, 0.25) is 0 Å². The molecule has 1 aliphatic rings. The lowest BCUT2D eigenvalue weighted by molar-refractivity contribution is 0.250. The van der Waals surface area contributed by atoms with Crippen LogP contribution in [-0.2, 0) is 0 Å². The Morgan fingerprint density at radius 3 is 3.17 bits per heavy atom. The highest BCUT2D eigenvalue weighted by Gasteiger charge is 2.14. The predicted octanol–water partition coefficient (Wildman–Crippen LogP) is 1.43. The molecule has 18 heavy (non-hydrogen) atoms. The van der Waals surface area contributed by atoms with Gasteiger partial charge in [0.15, 0.2) is 0 Å². The smallest absolute Gasteiger partial charge is 0.319 e. The summed E-state index contributed by atoms with van der Waals surface area (Å²) in [6.45, 7) is 2.74. The zero-order valence-corrected chi connectivity index (χ0v) is 10.5. The molecule has 3 N–H and O–H groups in total. The lowest BCUT2D eigenvalue weighted by atomic mass is 10.1. The zero-order valence-electron chi connectivity index (χ0n) is 10.5. The van der Waals surface area contributed by atoms with Crippen molar-refractivity contribution in [3.63, 3.8) is 0 Å². The number of amides is 2. The number of methoxy groups -OCH3 is 1. The lowest BCUT2D eigenvalue weighted by Gasteiger charge is -2.11. The summed E-state index contributed by atoms with van der Waals surface area (Å²) < 4.78 is 5.10. The summed E-state index contributed by atoms with van der Waals surface area (Å²) in [5.74, 6) is 1.27. The Balaban J connectivity index is 1.78. The number of anilines is 1. The van der Waals surface area contributed by atoms with Crippen LogP contribution in [0, 0.1) is 5.92 Å². The monoisotopic (exact) mass is 249 g/mol. The minimum absolute atomic E-state index is 0.171. The van der Waals surface area contributed by atoms with Crippen molar-refractivity contribution in [1.29, 1.82) is 0 Å². The first kappa shape index (κ1) is 12.7. The average Bonchev–Trinajstić information content (AvgIpc) is 2.90. The van der Waals surface area contributed by atoms with E-state index in [4.69, 9.17) is 4.74 Å². The van der Waals surface area contributed by atoms with Crippen LogP contribution in [-0.4, -0.2) is 32.8 Å². The van der Waals surface area contributed by atoms with Gasteiger partial charge in [0.1, 0.15) is 5.75 Å². The fourth-order valence-electron chi connectivity index (χ4n) is 2.00. The van der Waals surface area contributed by atoms with Crippen molar-refractivity contribution in [2.45, 2.75) is 6.42 Å². The molecule has 1 aliphatic heterocycles. The van der Waals surface area contributed by atoms with Crippen LogP contribution in [0.4, 0.5) is 10.5 Å². The molecule has 1 aromatic rings. The third kappa shape index (κ3) is 3.63. The fraction of sp³-hybridized carbons (Fsp3) is 0.462. The molecule has 0 aliphatic carbocycles. The molecule has 0 radical (unpaired) electrons. The molecule has 1 unspecified atom stereocenters. The molecule has 0 bridgehead atoms. The molecule has 98 valence electrons. The van der Waals surface area contributed by atoms with Crippen LogP contribution < -0.4 is 20.7 Å². The van der Waals surface area contributed by atoms with Crippen molar-refractivity contribution in [2.24, 2.45) is 5.92 Å². The molecule has 1 heterocycles. The molecule has 1 atom stereocenters. The number of nitrogens with one attached hydrogen (secondary N) is 3. The van der Waals surface area contributed by atoms with Crippen molar-refractivity contribution < 1.29 is 9.53 Å². The molecular formula is C13H19N3O2. The van der Waals surface area contributed by atoms with Gasteiger partial charge in [-0.05, 0) is 37.6 Å². The van der Waals surface area contributed by atoms with Gasteiger partial charge in [-0.15, -0.1) is 0 Å². The van der Waals surface area contributed by atoms with E-state index in [1.165, 1.54) is 0 Å². The Morgan fingerprint density at radius 1 is 1.56 bits per heavy atom. The first-order valence-electron chi connectivity index (χ1n) is 6.17. The molecule has 0 spiro atoms. The number of carbonyl (C=O) groups is 1. The Hall–Kier alpha value is -1.75. The molecular weight excluding hydrogens is 230 g/mol. The highest BCUT2D eigenvalue weighted by Crippen LogP contribution is 2.16. The summed E-state index contributed by atoms with van der Waals surface area (Å²) in [5, 5.41) is 8.94. The van der Waals surface area contributed by atoms with Gasteiger partial charge >= 0.3 is 6.03 Å². The highest BCUT2D eigenvalue weighted by atomic mass is 16.5. The molecule has 0 saturated carbocycles. The average molecular weight is 249 g/mol. The van der Waals surface area contributed by atoms with Crippen molar-refractivity contribution in [3.8, 4) is 5.75 Å². The van der Waals surface area contributed by atoms with E-state index in [0.717, 1.165) is 30.9 Å². The molecule has 1 saturated heterocycles. The number of carbonyl (C=O) groups excluding carboxylic acids is 1. The second-order valence-corrected chi connectivity index (χ2v) is 4.43. The highest BCUT2D eigenvalue weighted by molar-refractivity contribution is 5.89. The SMILES string of the molecule is COc1cccc(NC(=O)NCC2CCNC2)c1. The van der Waals surface area contributed by atoms with Crippen molar-refractivity contribution in [3.05, 3.63) is 24.3 Å². The Bertz CT molecular complexity index is 403. The van der Waals surface area contributed by atoms with E-state index in [-0.39, 0.29) is 6.03 Å². The maximum Gasteiger partial charge on any atom is 0.319 e. The second-order valence-electron chi connectivity index (χ2n) is 4.43. The third-order valence-electron chi connectivity index (χ3n) is 3.04. The molecule has 1 aromatic carbocycles. The van der Waals surface area contributed by atoms with Crippen LogP contribution in [0.2, 0.25) is 0 Å². The topological polar surface area (TPSA) is 62.4 Å². The van der Waals surface area contributed by atoms with Gasteiger partial charge in [0.25, 0.3) is 0 Å². The van der Waals surface area contributed by atoms with Gasteiger partial charge in [0, 0.05) is 18.3 Å². The third-order valence-corrected chi connectivity index (χ3v) is 3.04. The molecule has 2 amide bonds. The molecule has 1 fully saturated rings. The van der Waals surface area contributed by atoms with E-state index < -0.39 is 0 Å². The Morgan fingerprint density at radius 2 is 2.44 bits per heavy atom. The summed E-state index contributed by atoms with van der Waals surface area (Å²) in [4.78, 5) is 11.7. The summed E-state index contributed by atoms with van der Waals surface area (Å²) >= 11 is 0. The number of benzene rings is 1. The van der Waals surface area contributed by atoms with Crippen molar-refractivity contribution in [2.75, 3.05) is 32.1 Å².